The van der Waals surface area contributed by atoms with Gasteiger partial charge in [0.05, 0.1) is 28.7 Å². The number of carbonyl (C=O) groups excluding carboxylic acids is 2. The maximum absolute atomic E-state index is 13.5. The summed E-state index contributed by atoms with van der Waals surface area (Å²) in [6.45, 7) is -1.94. The van der Waals surface area contributed by atoms with E-state index in [9.17, 15) is 28.6 Å². The van der Waals surface area contributed by atoms with Gasteiger partial charge in [-0.05, 0) is 49.7 Å². The van der Waals surface area contributed by atoms with E-state index in [2.05, 4.69) is 10.3 Å². The largest absolute Gasteiger partial charge is 0.506 e. The fraction of sp³-hybridized carbons (Fsp3) is 0.231. The van der Waals surface area contributed by atoms with Crippen LogP contribution >= 0.6 is 0 Å². The molecule has 1 amide bonds. The number of hydrogen-bond acceptors (Lipinski definition) is 7. The second-order valence-electron chi connectivity index (χ2n) is 8.99. The SMILES string of the molecule is CC(O)C(=O)c1ccc(O)c(-c2c(OC(F)F)ccc3c2[C@H]2C[C@@H](NC3=O)c3nc4ccccc4n32)n1. The quantitative estimate of drug-likeness (QED) is 0.352. The second kappa shape index (κ2) is 8.34. The normalized spacial score (nSPS) is 18.8. The van der Waals surface area contributed by atoms with Gasteiger partial charge in [0.25, 0.3) is 5.91 Å². The van der Waals surface area contributed by atoms with Crippen molar-refractivity contribution in [2.75, 3.05) is 0 Å². The second-order valence-corrected chi connectivity index (χ2v) is 8.99. The molecule has 2 aromatic heterocycles. The lowest BCUT2D eigenvalue weighted by Gasteiger charge is -2.24. The number of alkyl halides is 2. The number of carbonyl (C=O) groups is 2. The maximum atomic E-state index is 13.5. The summed E-state index contributed by atoms with van der Waals surface area (Å²) in [6.07, 6.45) is -1.000. The molecular formula is C26H20F2N4O5. The van der Waals surface area contributed by atoms with E-state index in [4.69, 9.17) is 9.72 Å². The highest BCUT2D eigenvalue weighted by Crippen LogP contribution is 2.50. The smallest absolute Gasteiger partial charge is 0.387 e. The molecule has 3 atom stereocenters. The van der Waals surface area contributed by atoms with Crippen molar-refractivity contribution in [3.05, 3.63) is 71.2 Å². The Bertz CT molecular complexity index is 1600. The van der Waals surface area contributed by atoms with Crippen molar-refractivity contribution >= 4 is 22.7 Å². The van der Waals surface area contributed by atoms with Crippen LogP contribution < -0.4 is 10.1 Å². The van der Waals surface area contributed by atoms with E-state index >= 15 is 0 Å². The van der Waals surface area contributed by atoms with Gasteiger partial charge in [-0.15, -0.1) is 0 Å². The lowest BCUT2D eigenvalue weighted by molar-refractivity contribution is -0.0495. The van der Waals surface area contributed by atoms with Gasteiger partial charge in [0, 0.05) is 11.1 Å². The third-order valence-electron chi connectivity index (χ3n) is 6.75. The number of pyridine rings is 1. The molecule has 2 aliphatic rings. The zero-order valence-electron chi connectivity index (χ0n) is 19.4. The van der Waals surface area contributed by atoms with Gasteiger partial charge in [0.15, 0.2) is 0 Å². The number of aromatic nitrogens is 3. The summed E-state index contributed by atoms with van der Waals surface area (Å²) in [5.74, 6) is -1.28. The number of aliphatic hydroxyl groups is 1. The number of fused-ring (bicyclic) bond motifs is 9. The number of rotatable bonds is 5. The minimum absolute atomic E-state index is 0.0398. The number of nitrogens with one attached hydrogen (secondary N) is 1. The number of para-hydroxylation sites is 2. The number of ether oxygens (including phenoxy) is 1. The average Bonchev–Trinajstić information content (AvgIpc) is 3.36. The molecule has 0 aliphatic carbocycles. The Kier molecular flexibility index (Phi) is 5.19. The van der Waals surface area contributed by atoms with Gasteiger partial charge in [0.2, 0.25) is 5.78 Å². The number of amides is 1. The molecule has 37 heavy (non-hydrogen) atoms. The summed E-state index contributed by atoms with van der Waals surface area (Å²) in [4.78, 5) is 34.7. The Labute approximate surface area is 208 Å². The minimum Gasteiger partial charge on any atom is -0.506 e. The van der Waals surface area contributed by atoms with E-state index in [0.717, 1.165) is 5.52 Å². The van der Waals surface area contributed by atoms with E-state index in [-0.39, 0.29) is 28.3 Å². The molecule has 0 saturated carbocycles. The number of Topliss-reactive ketones (excluding diaryl/α,β-unsaturated/α-hetero) is 1. The minimum atomic E-state index is -3.21. The molecule has 3 N–H and O–H groups in total. The third kappa shape index (κ3) is 3.53. The van der Waals surface area contributed by atoms with E-state index < -0.39 is 42.2 Å². The first-order valence-corrected chi connectivity index (χ1v) is 11.6. The molecule has 2 aromatic carbocycles. The molecule has 0 radical (unpaired) electrons. The molecule has 4 heterocycles. The summed E-state index contributed by atoms with van der Waals surface area (Å²) in [5.41, 5.74) is 1.56. The van der Waals surface area contributed by atoms with E-state index in [1.807, 2.05) is 28.8 Å². The summed E-state index contributed by atoms with van der Waals surface area (Å²) < 4.78 is 33.8. The van der Waals surface area contributed by atoms with Crippen LogP contribution in [0.1, 0.15) is 57.7 Å². The standard InChI is InChI=1S/C26H20F2N4O5/c1-11(33)23(35)14-7-8-18(34)22(29-14)21-19(37-26(27)28)9-6-12-20(21)17-10-15(31-25(12)36)24-30-13-4-2-3-5-16(13)32(17)24/h2-9,11,15,17,26,33-34H,10H2,1H3,(H,31,36)/t11?,15-,17-/m1/s1. The first kappa shape index (κ1) is 23.0. The van der Waals surface area contributed by atoms with Gasteiger partial charge in [-0.2, -0.15) is 8.78 Å². The number of ketones is 1. The van der Waals surface area contributed by atoms with E-state index in [1.165, 1.54) is 31.2 Å². The van der Waals surface area contributed by atoms with Gasteiger partial charge in [0.1, 0.15) is 34.8 Å². The summed E-state index contributed by atoms with van der Waals surface area (Å²) in [5, 5.41) is 23.5. The number of aliphatic hydroxyl groups excluding tert-OH is 1. The Morgan fingerprint density at radius 1 is 1.16 bits per heavy atom. The van der Waals surface area contributed by atoms with Crippen LogP contribution in [0.25, 0.3) is 22.3 Å². The monoisotopic (exact) mass is 506 g/mol. The molecular weight excluding hydrogens is 486 g/mol. The number of halogens is 2. The number of imidazole rings is 1. The molecule has 1 unspecified atom stereocenters. The van der Waals surface area contributed by atoms with Crippen LogP contribution in [0.5, 0.6) is 11.5 Å². The molecule has 2 aliphatic heterocycles. The van der Waals surface area contributed by atoms with E-state index in [1.54, 1.807) is 0 Å². The van der Waals surface area contributed by atoms with Gasteiger partial charge in [-0.1, -0.05) is 12.1 Å². The average molecular weight is 506 g/mol. The first-order chi connectivity index (χ1) is 17.7. The molecule has 11 heteroatoms. The molecule has 9 nitrogen and oxygen atoms in total. The highest BCUT2D eigenvalue weighted by Gasteiger charge is 2.43. The van der Waals surface area contributed by atoms with E-state index in [0.29, 0.717) is 23.3 Å². The Balaban J connectivity index is 1.68. The first-order valence-electron chi connectivity index (χ1n) is 11.6. The highest BCUT2D eigenvalue weighted by atomic mass is 19.3. The zero-order chi connectivity index (χ0) is 26.0. The van der Waals surface area contributed by atoms with Crippen molar-refractivity contribution in [1.82, 2.24) is 19.9 Å². The van der Waals surface area contributed by atoms with Crippen LogP contribution in [0.4, 0.5) is 8.78 Å². The fourth-order valence-electron chi connectivity index (χ4n) is 5.25. The maximum Gasteiger partial charge on any atom is 0.387 e. The van der Waals surface area contributed by atoms with Crippen LogP contribution in [0.3, 0.4) is 0 Å². The summed E-state index contributed by atoms with van der Waals surface area (Å²) in [7, 11) is 0. The van der Waals surface area contributed by atoms with Crippen LogP contribution in [-0.4, -0.2) is 49.2 Å². The topological polar surface area (TPSA) is 127 Å². The predicted octanol–water partition coefficient (Wildman–Crippen LogP) is 3.75. The lowest BCUT2D eigenvalue weighted by Crippen LogP contribution is -2.28. The molecule has 188 valence electrons. The number of nitrogens with zero attached hydrogens (tertiary/aromatic N) is 3. The van der Waals surface area contributed by atoms with Gasteiger partial charge >= 0.3 is 6.61 Å². The van der Waals surface area contributed by atoms with Crippen LogP contribution in [0.2, 0.25) is 0 Å². The molecule has 0 saturated heterocycles. The van der Waals surface area contributed by atoms with Crippen molar-refractivity contribution < 1.29 is 33.3 Å². The molecule has 2 bridgehead atoms. The third-order valence-corrected chi connectivity index (χ3v) is 6.75. The van der Waals surface area contributed by atoms with Crippen molar-refractivity contribution in [3.8, 4) is 22.8 Å². The Morgan fingerprint density at radius 2 is 1.95 bits per heavy atom. The van der Waals surface area contributed by atoms with Crippen molar-refractivity contribution in [2.24, 2.45) is 0 Å². The summed E-state index contributed by atoms with van der Waals surface area (Å²) >= 11 is 0. The van der Waals surface area contributed by atoms with Crippen molar-refractivity contribution in [1.29, 1.82) is 0 Å². The molecule has 4 aromatic rings. The molecule has 6 rings (SSSR count). The van der Waals surface area contributed by atoms with Crippen LogP contribution in [0.15, 0.2) is 48.5 Å². The fourth-order valence-corrected chi connectivity index (χ4v) is 5.25. The van der Waals surface area contributed by atoms with Gasteiger partial charge in [-0.25, -0.2) is 9.97 Å². The van der Waals surface area contributed by atoms with Gasteiger partial charge in [-0.3, -0.25) is 9.59 Å². The zero-order valence-corrected chi connectivity index (χ0v) is 19.4. The predicted molar refractivity (Wildman–Crippen MR) is 127 cm³/mol. The lowest BCUT2D eigenvalue weighted by atomic mass is 9.90. The number of hydrogen-bond donors (Lipinski definition) is 3. The molecule has 0 fully saturated rings. The Hall–Kier alpha value is -4.38. The summed E-state index contributed by atoms with van der Waals surface area (Å²) in [6, 6.07) is 11.5. The number of benzene rings is 2. The highest BCUT2D eigenvalue weighted by molar-refractivity contribution is 6.01. The van der Waals surface area contributed by atoms with Crippen LogP contribution in [-0.2, 0) is 0 Å². The van der Waals surface area contributed by atoms with Gasteiger partial charge < -0.3 is 24.8 Å². The van der Waals surface area contributed by atoms with Crippen LogP contribution in [0, 0.1) is 0 Å². The van der Waals surface area contributed by atoms with Crippen molar-refractivity contribution in [2.45, 2.75) is 38.1 Å². The number of aromatic hydroxyl groups is 1. The van der Waals surface area contributed by atoms with Crippen molar-refractivity contribution in [3.63, 3.8) is 0 Å². The Morgan fingerprint density at radius 3 is 2.70 bits per heavy atom. The molecule has 0 spiro atoms.